The van der Waals surface area contributed by atoms with E-state index in [1.165, 1.54) is 49.1 Å². The van der Waals surface area contributed by atoms with Gasteiger partial charge in [0.15, 0.2) is 10.6 Å². The summed E-state index contributed by atoms with van der Waals surface area (Å²) in [5, 5.41) is 8.38. The Morgan fingerprint density at radius 3 is 2.60 bits per heavy atom. The highest BCUT2D eigenvalue weighted by Crippen LogP contribution is 2.46. The van der Waals surface area contributed by atoms with Crippen LogP contribution < -0.4 is 4.80 Å². The fraction of sp³-hybridized carbons (Fsp3) is 0.500. The number of nitrogens with one attached hydrogen (secondary N) is 1. The van der Waals surface area contributed by atoms with Crippen molar-refractivity contribution in [3.8, 4) is 0 Å². The van der Waals surface area contributed by atoms with Gasteiger partial charge in [-0.25, -0.2) is 0 Å². The highest BCUT2D eigenvalue weighted by Gasteiger charge is 2.37. The maximum absolute atomic E-state index is 12.6. The molecule has 25 heavy (non-hydrogen) atoms. The van der Waals surface area contributed by atoms with Gasteiger partial charge in [0.1, 0.15) is 0 Å². The van der Waals surface area contributed by atoms with Crippen molar-refractivity contribution in [2.45, 2.75) is 57.9 Å². The molecule has 2 aliphatic carbocycles. The van der Waals surface area contributed by atoms with Crippen LogP contribution in [-0.2, 0) is 19.4 Å². The van der Waals surface area contributed by atoms with Gasteiger partial charge in [0, 0.05) is 20.6 Å². The largest absolute Gasteiger partial charge is 0.313 e. The number of halogens is 1. The molecular weight excluding hydrogens is 396 g/mol. The van der Waals surface area contributed by atoms with Crippen molar-refractivity contribution < 1.29 is 4.79 Å². The van der Waals surface area contributed by atoms with Gasteiger partial charge in [-0.2, -0.15) is 0 Å². The van der Waals surface area contributed by atoms with Crippen molar-refractivity contribution in [3.63, 3.8) is 0 Å². The van der Waals surface area contributed by atoms with Crippen LogP contribution in [0.4, 0.5) is 0 Å². The number of thiazole rings is 1. The molecule has 1 fully saturated rings. The summed E-state index contributed by atoms with van der Waals surface area (Å²) in [5.74, 6) is 0.0875. The highest BCUT2D eigenvalue weighted by molar-refractivity contribution is 9.10. The Kier molecular flexibility index (Phi) is 4.71. The molecule has 132 valence electrons. The Hall–Kier alpha value is -1.20. The number of carbonyl (C=O) groups is 1. The van der Waals surface area contributed by atoms with Gasteiger partial charge in [-0.3, -0.25) is 10.2 Å². The summed E-state index contributed by atoms with van der Waals surface area (Å²) in [4.78, 5) is 14.5. The second kappa shape index (κ2) is 6.84. The minimum absolute atomic E-state index is 0.0875. The van der Waals surface area contributed by atoms with Crippen LogP contribution in [0.2, 0.25) is 0 Å². The predicted octanol–water partition coefficient (Wildman–Crippen LogP) is 5.11. The van der Waals surface area contributed by atoms with Crippen molar-refractivity contribution in [3.05, 3.63) is 49.7 Å². The van der Waals surface area contributed by atoms with Crippen LogP contribution in [0, 0.1) is 10.8 Å². The lowest BCUT2D eigenvalue weighted by Crippen LogP contribution is -2.32. The predicted molar refractivity (Wildman–Crippen MR) is 104 cm³/mol. The zero-order valence-corrected chi connectivity index (χ0v) is 16.7. The highest BCUT2D eigenvalue weighted by atomic mass is 79.9. The lowest BCUT2D eigenvalue weighted by molar-refractivity contribution is 0.0968. The SMILES string of the molecule is N=c1sc2c(n1CC(=O)c1ccc(Br)cc1)CCC1(CCCCC1)C2. The molecule has 0 aliphatic heterocycles. The van der Waals surface area contributed by atoms with Crippen molar-refractivity contribution in [1.82, 2.24) is 4.57 Å². The minimum Gasteiger partial charge on any atom is -0.313 e. The van der Waals surface area contributed by atoms with Crippen LogP contribution in [0.25, 0.3) is 0 Å². The Morgan fingerprint density at radius 2 is 1.88 bits per heavy atom. The van der Waals surface area contributed by atoms with Crippen LogP contribution in [0.1, 0.15) is 59.5 Å². The summed E-state index contributed by atoms with van der Waals surface area (Å²) in [6.07, 6.45) is 10.2. The normalized spacial score (nSPS) is 18.9. The molecular formula is C20H23BrN2OS. The number of hydrogen-bond acceptors (Lipinski definition) is 3. The van der Waals surface area contributed by atoms with Gasteiger partial charge in [0.2, 0.25) is 0 Å². The van der Waals surface area contributed by atoms with E-state index in [-0.39, 0.29) is 5.78 Å². The van der Waals surface area contributed by atoms with E-state index in [0.29, 0.717) is 16.8 Å². The van der Waals surface area contributed by atoms with E-state index in [1.807, 2.05) is 28.8 Å². The Morgan fingerprint density at radius 1 is 1.16 bits per heavy atom. The quantitative estimate of drug-likeness (QED) is 0.691. The lowest BCUT2D eigenvalue weighted by atomic mass is 9.66. The monoisotopic (exact) mass is 418 g/mol. The van der Waals surface area contributed by atoms with E-state index in [9.17, 15) is 4.79 Å². The number of benzene rings is 1. The molecule has 4 rings (SSSR count). The van der Waals surface area contributed by atoms with Crippen LogP contribution in [-0.4, -0.2) is 10.4 Å². The van der Waals surface area contributed by atoms with E-state index in [1.54, 1.807) is 11.3 Å². The topological polar surface area (TPSA) is 45.9 Å². The zero-order chi connectivity index (χ0) is 17.4. The first-order valence-electron chi connectivity index (χ1n) is 9.11. The Bertz CT molecular complexity index is 844. The summed E-state index contributed by atoms with van der Waals surface area (Å²) >= 11 is 5.00. The standard InChI is InChI=1S/C20H23BrN2OS/c21-15-6-4-14(5-7-15)17(24)13-23-16-8-11-20(9-2-1-3-10-20)12-18(16)25-19(23)22/h4-7,22H,1-3,8-13H2. The van der Waals surface area contributed by atoms with E-state index < -0.39 is 0 Å². The van der Waals surface area contributed by atoms with Crippen molar-refractivity contribution in [2.75, 3.05) is 0 Å². The van der Waals surface area contributed by atoms with E-state index >= 15 is 0 Å². The minimum atomic E-state index is 0.0875. The third-order valence-electron chi connectivity index (χ3n) is 5.92. The molecule has 1 spiro atoms. The number of aromatic nitrogens is 1. The number of Topliss-reactive ketones (excluding diaryl/α,β-unsaturated/α-hetero) is 1. The van der Waals surface area contributed by atoms with Gasteiger partial charge in [-0.1, -0.05) is 47.3 Å². The smallest absolute Gasteiger partial charge is 0.182 e. The lowest BCUT2D eigenvalue weighted by Gasteiger charge is -2.40. The molecule has 1 aromatic heterocycles. The average Bonchev–Trinajstić information content (AvgIpc) is 2.90. The van der Waals surface area contributed by atoms with Crippen molar-refractivity contribution in [1.29, 1.82) is 5.41 Å². The van der Waals surface area contributed by atoms with Crippen molar-refractivity contribution >= 4 is 33.0 Å². The van der Waals surface area contributed by atoms with E-state index in [0.717, 1.165) is 22.9 Å². The molecule has 2 aliphatic rings. The van der Waals surface area contributed by atoms with Crippen LogP contribution in [0.15, 0.2) is 28.7 Å². The third kappa shape index (κ3) is 3.41. The molecule has 0 atom stereocenters. The molecule has 0 saturated heterocycles. The van der Waals surface area contributed by atoms with Crippen LogP contribution >= 0.6 is 27.3 Å². The molecule has 2 aromatic rings. The Balaban J connectivity index is 1.57. The molecule has 0 radical (unpaired) electrons. The maximum atomic E-state index is 12.6. The third-order valence-corrected chi connectivity index (χ3v) is 7.49. The first kappa shape index (κ1) is 17.2. The van der Waals surface area contributed by atoms with Gasteiger partial charge in [0.05, 0.1) is 6.54 Å². The second-order valence-corrected chi connectivity index (χ2v) is 9.53. The van der Waals surface area contributed by atoms with Gasteiger partial charge in [0.25, 0.3) is 0 Å². The van der Waals surface area contributed by atoms with Crippen molar-refractivity contribution in [2.24, 2.45) is 5.41 Å². The van der Waals surface area contributed by atoms with Crippen LogP contribution in [0.5, 0.6) is 0 Å². The molecule has 3 nitrogen and oxygen atoms in total. The van der Waals surface area contributed by atoms with Gasteiger partial charge in [-0.05, 0) is 49.7 Å². The molecule has 1 aromatic carbocycles. The number of nitrogens with zero attached hydrogens (tertiary/aromatic N) is 1. The number of fused-ring (bicyclic) bond motifs is 1. The molecule has 5 heteroatoms. The van der Waals surface area contributed by atoms with Gasteiger partial charge in [-0.15, -0.1) is 11.3 Å². The zero-order valence-electron chi connectivity index (χ0n) is 14.3. The van der Waals surface area contributed by atoms with E-state index in [2.05, 4.69) is 15.9 Å². The fourth-order valence-electron chi connectivity index (χ4n) is 4.50. The molecule has 0 bridgehead atoms. The van der Waals surface area contributed by atoms with Gasteiger partial charge >= 0.3 is 0 Å². The molecule has 1 saturated carbocycles. The average molecular weight is 419 g/mol. The first-order chi connectivity index (χ1) is 12.1. The summed E-state index contributed by atoms with van der Waals surface area (Å²) in [7, 11) is 0. The first-order valence-corrected chi connectivity index (χ1v) is 10.7. The molecule has 0 unspecified atom stereocenters. The summed E-state index contributed by atoms with van der Waals surface area (Å²) in [6.45, 7) is 0.291. The fourth-order valence-corrected chi connectivity index (χ4v) is 5.99. The summed E-state index contributed by atoms with van der Waals surface area (Å²) < 4.78 is 2.93. The number of carbonyl (C=O) groups excluding carboxylic acids is 1. The second-order valence-electron chi connectivity index (χ2n) is 7.53. The molecule has 1 heterocycles. The van der Waals surface area contributed by atoms with Gasteiger partial charge < -0.3 is 4.57 Å². The number of ketones is 1. The maximum Gasteiger partial charge on any atom is 0.182 e. The molecule has 1 N–H and O–H groups in total. The molecule has 0 amide bonds. The van der Waals surface area contributed by atoms with E-state index in [4.69, 9.17) is 5.41 Å². The summed E-state index contributed by atoms with van der Waals surface area (Å²) in [5.41, 5.74) is 2.45. The van der Waals surface area contributed by atoms with Crippen LogP contribution in [0.3, 0.4) is 0 Å². The number of rotatable bonds is 3. The summed E-state index contributed by atoms with van der Waals surface area (Å²) in [6, 6.07) is 7.50. The number of hydrogen-bond donors (Lipinski definition) is 1. The Labute approximate surface area is 160 Å².